The van der Waals surface area contributed by atoms with Gasteiger partial charge in [0.25, 0.3) is 6.43 Å². The van der Waals surface area contributed by atoms with Gasteiger partial charge in [-0.25, -0.2) is 13.5 Å². The molecule has 1 saturated carbocycles. The summed E-state index contributed by atoms with van der Waals surface area (Å²) in [7, 11) is 0. The number of aromatic nitrogens is 4. The quantitative estimate of drug-likeness (QED) is 0.553. The highest BCUT2D eigenvalue weighted by Gasteiger charge is 2.37. The lowest BCUT2D eigenvalue weighted by molar-refractivity contribution is 0.150. The minimum absolute atomic E-state index is 0.189. The van der Waals surface area contributed by atoms with Crippen LogP contribution >= 0.6 is 23.3 Å². The Labute approximate surface area is 181 Å². The van der Waals surface area contributed by atoms with Gasteiger partial charge in [-0.05, 0) is 50.8 Å². The molecule has 1 aliphatic heterocycles. The molecule has 2 fully saturated rings. The number of halogens is 2. The zero-order chi connectivity index (χ0) is 20.9. The minimum atomic E-state index is -2.63. The number of benzene rings is 1. The van der Waals surface area contributed by atoms with Crippen LogP contribution in [0.1, 0.15) is 38.1 Å². The van der Waals surface area contributed by atoms with E-state index in [2.05, 4.69) is 50.1 Å². The van der Waals surface area contributed by atoms with Gasteiger partial charge in [-0.15, -0.1) is 10.2 Å². The van der Waals surface area contributed by atoms with Crippen LogP contribution in [0.5, 0.6) is 0 Å². The van der Waals surface area contributed by atoms with Crippen LogP contribution in [-0.2, 0) is 0 Å². The Hall–Kier alpha value is -1.82. The van der Waals surface area contributed by atoms with E-state index in [-0.39, 0.29) is 10.5 Å². The molecule has 0 amide bonds. The Balaban J connectivity index is 1.57. The number of nitrogens with one attached hydrogen (secondary N) is 2. The molecule has 3 aromatic rings. The second-order valence-electron chi connectivity index (χ2n) is 8.22. The summed E-state index contributed by atoms with van der Waals surface area (Å²) in [5.41, 5.74) is 2.14. The maximum atomic E-state index is 13.0. The smallest absolute Gasteiger partial charge is 0.291 e. The van der Waals surface area contributed by atoms with Gasteiger partial charge in [0.1, 0.15) is 0 Å². The Morgan fingerprint density at radius 2 is 2.17 bits per heavy atom. The molecule has 0 spiro atoms. The molecule has 2 N–H and O–H groups in total. The third-order valence-electron chi connectivity index (χ3n) is 5.56. The summed E-state index contributed by atoms with van der Waals surface area (Å²) in [5.74, 6) is 0. The summed E-state index contributed by atoms with van der Waals surface area (Å²) < 4.78 is 31.2. The summed E-state index contributed by atoms with van der Waals surface area (Å²) in [5, 5.41) is 16.6. The van der Waals surface area contributed by atoms with Gasteiger partial charge in [-0.2, -0.15) is 5.10 Å². The number of hydrogen-bond acceptors (Lipinski definition) is 8. The molecule has 1 aliphatic carbocycles. The number of nitrogens with zero attached hydrogens (tertiary/aromatic N) is 5. The average Bonchev–Trinajstić information content (AvgIpc) is 3.12. The molecule has 11 heteroatoms. The van der Waals surface area contributed by atoms with Crippen molar-refractivity contribution < 1.29 is 8.78 Å². The number of piperazine rings is 1. The van der Waals surface area contributed by atoms with Crippen molar-refractivity contribution >= 4 is 39.9 Å². The zero-order valence-corrected chi connectivity index (χ0v) is 18.4. The van der Waals surface area contributed by atoms with Crippen molar-refractivity contribution in [3.8, 4) is 5.13 Å². The second kappa shape index (κ2) is 7.70. The largest absolute Gasteiger partial charge is 0.368 e. The molecule has 7 nitrogen and oxygen atoms in total. The first-order valence-corrected chi connectivity index (χ1v) is 11.6. The number of rotatable bonds is 6. The standard InChI is InChI=1S/C19H23F2N7S2/c1-11-10-27(6-5-22-11)14-7-12(30-26-19(2)3-4-19)8-15-13(14)9-23-28(15)18-25-24-17(29-18)16(20)21/h7-9,11,16,22,26H,3-6,10H2,1-2H3. The molecule has 5 rings (SSSR count). The summed E-state index contributed by atoms with van der Waals surface area (Å²) in [6.07, 6.45) is 1.50. The summed E-state index contributed by atoms with van der Waals surface area (Å²) >= 11 is 2.49. The van der Waals surface area contributed by atoms with Gasteiger partial charge in [0.15, 0.2) is 5.01 Å². The lowest BCUT2D eigenvalue weighted by Gasteiger charge is -2.34. The van der Waals surface area contributed by atoms with E-state index in [0.717, 1.165) is 52.5 Å². The predicted octanol–water partition coefficient (Wildman–Crippen LogP) is 3.76. The highest BCUT2D eigenvalue weighted by Crippen LogP contribution is 2.40. The minimum Gasteiger partial charge on any atom is -0.368 e. The van der Waals surface area contributed by atoms with E-state index in [0.29, 0.717) is 11.2 Å². The van der Waals surface area contributed by atoms with Crippen LogP contribution in [0.2, 0.25) is 0 Å². The van der Waals surface area contributed by atoms with Crippen LogP contribution < -0.4 is 14.9 Å². The molecule has 0 bridgehead atoms. The van der Waals surface area contributed by atoms with Gasteiger partial charge < -0.3 is 10.2 Å². The van der Waals surface area contributed by atoms with Gasteiger partial charge in [0.2, 0.25) is 5.13 Å². The van der Waals surface area contributed by atoms with Crippen LogP contribution in [0.4, 0.5) is 14.5 Å². The fourth-order valence-corrected chi connectivity index (χ4v) is 5.16. The molecule has 2 aliphatic rings. The molecule has 1 saturated heterocycles. The number of hydrogen-bond donors (Lipinski definition) is 2. The molecular weight excluding hydrogens is 428 g/mol. The lowest BCUT2D eigenvalue weighted by Crippen LogP contribution is -2.49. The summed E-state index contributed by atoms with van der Waals surface area (Å²) in [6, 6.07) is 4.63. The van der Waals surface area contributed by atoms with E-state index in [9.17, 15) is 8.78 Å². The van der Waals surface area contributed by atoms with Crippen molar-refractivity contribution in [2.75, 3.05) is 24.5 Å². The average molecular weight is 452 g/mol. The highest BCUT2D eigenvalue weighted by atomic mass is 32.2. The normalized spacial score (nSPS) is 21.0. The second-order valence-corrected chi connectivity index (χ2v) is 10.1. The van der Waals surface area contributed by atoms with Crippen LogP contribution in [0, 0.1) is 0 Å². The summed E-state index contributed by atoms with van der Waals surface area (Å²) in [6.45, 7) is 7.10. The van der Waals surface area contributed by atoms with Crippen molar-refractivity contribution in [1.82, 2.24) is 30.0 Å². The van der Waals surface area contributed by atoms with E-state index in [1.54, 1.807) is 22.8 Å². The predicted molar refractivity (Wildman–Crippen MR) is 116 cm³/mol. The molecule has 1 unspecified atom stereocenters. The molecule has 160 valence electrons. The fourth-order valence-electron chi connectivity index (χ4n) is 3.58. The Kier molecular flexibility index (Phi) is 5.16. The molecule has 0 radical (unpaired) electrons. The maximum absolute atomic E-state index is 13.0. The number of anilines is 1. The molecular formula is C19H23F2N7S2. The van der Waals surface area contributed by atoms with Crippen LogP contribution in [0.3, 0.4) is 0 Å². The van der Waals surface area contributed by atoms with Crippen LogP contribution in [-0.4, -0.2) is 51.2 Å². The first kappa shape index (κ1) is 20.1. The number of fused-ring (bicyclic) bond motifs is 1. The molecule has 3 heterocycles. The van der Waals surface area contributed by atoms with Crippen molar-refractivity contribution in [1.29, 1.82) is 0 Å². The molecule has 30 heavy (non-hydrogen) atoms. The van der Waals surface area contributed by atoms with Gasteiger partial charge in [-0.3, -0.25) is 4.72 Å². The van der Waals surface area contributed by atoms with Crippen LogP contribution in [0.25, 0.3) is 16.0 Å². The van der Waals surface area contributed by atoms with Crippen LogP contribution in [0.15, 0.2) is 23.2 Å². The monoisotopic (exact) mass is 451 g/mol. The summed E-state index contributed by atoms with van der Waals surface area (Å²) in [4.78, 5) is 3.43. The van der Waals surface area contributed by atoms with E-state index in [1.807, 2.05) is 6.07 Å². The van der Waals surface area contributed by atoms with E-state index >= 15 is 0 Å². The van der Waals surface area contributed by atoms with Gasteiger partial charge in [-0.1, -0.05) is 11.3 Å². The SMILES string of the molecule is CC1CN(c2cc(SNC3(C)CC3)cc3c2cnn3-c2nnc(C(F)F)s2)CCN1. The van der Waals surface area contributed by atoms with Gasteiger partial charge >= 0.3 is 0 Å². The first-order chi connectivity index (χ1) is 14.4. The van der Waals surface area contributed by atoms with Crippen molar-refractivity contribution in [2.24, 2.45) is 0 Å². The Morgan fingerprint density at radius 1 is 1.33 bits per heavy atom. The third kappa shape index (κ3) is 3.91. The van der Waals surface area contributed by atoms with Crippen molar-refractivity contribution in [3.05, 3.63) is 23.3 Å². The Bertz CT molecular complexity index is 1060. The van der Waals surface area contributed by atoms with Crippen molar-refractivity contribution in [2.45, 2.75) is 49.6 Å². The van der Waals surface area contributed by atoms with Crippen molar-refractivity contribution in [3.63, 3.8) is 0 Å². The van der Waals surface area contributed by atoms with E-state index in [1.165, 1.54) is 12.8 Å². The lowest BCUT2D eigenvalue weighted by atomic mass is 10.1. The number of alkyl halides is 2. The van der Waals surface area contributed by atoms with E-state index < -0.39 is 6.43 Å². The Morgan fingerprint density at radius 3 is 2.87 bits per heavy atom. The van der Waals surface area contributed by atoms with Gasteiger partial charge in [0.05, 0.1) is 11.7 Å². The first-order valence-electron chi connectivity index (χ1n) is 9.98. The van der Waals surface area contributed by atoms with Gasteiger partial charge in [0, 0.05) is 47.2 Å². The molecule has 1 atom stereocenters. The highest BCUT2D eigenvalue weighted by molar-refractivity contribution is 7.97. The maximum Gasteiger partial charge on any atom is 0.291 e. The molecule has 1 aromatic carbocycles. The van der Waals surface area contributed by atoms with E-state index in [4.69, 9.17) is 0 Å². The molecule has 2 aromatic heterocycles. The third-order valence-corrected chi connectivity index (χ3v) is 7.54. The topological polar surface area (TPSA) is 70.9 Å². The zero-order valence-electron chi connectivity index (χ0n) is 16.7. The fraction of sp³-hybridized carbons (Fsp3) is 0.526.